The highest BCUT2D eigenvalue weighted by Crippen LogP contribution is 2.46. The second-order valence-corrected chi connectivity index (χ2v) is 20.5. The van der Waals surface area contributed by atoms with Crippen molar-refractivity contribution in [2.45, 2.75) is 203 Å². The average molecular weight is 951 g/mol. The van der Waals surface area contributed by atoms with Gasteiger partial charge in [-0.25, -0.2) is 4.79 Å². The molecule has 2 fully saturated rings. The molecule has 2 heterocycles. The van der Waals surface area contributed by atoms with Gasteiger partial charge in [0.1, 0.15) is 24.4 Å². The summed E-state index contributed by atoms with van der Waals surface area (Å²) in [4.78, 5) is 78.0. The fourth-order valence-corrected chi connectivity index (χ4v) is 9.50. The Morgan fingerprint density at radius 2 is 1.31 bits per heavy atom. The second-order valence-electron chi connectivity index (χ2n) is 20.5. The standard InChI is InChI=1S/C52H86O15/c1-16-62-51(59)40(21-20-36(10)50(58)61-15)38(12)49(63-39(13)53)42(64-45(55)22-30(2)3)27-37(11)48(65-46(56)23-31(4)5)43-25-34(8)29-52(67-43)28-33(7)24-41(66-52)47(57)35(9)19-17-18-32(6)26-44(54)60-14/h19-20,30-34,37-38,40-43,47-49,57H,16-18,21-29H2,1-15H3. The molecular weight excluding hydrogens is 865 g/mol. The number of rotatable bonds is 26. The molecule has 384 valence electrons. The molecule has 0 aliphatic carbocycles. The van der Waals surface area contributed by atoms with E-state index in [0.717, 1.165) is 12.0 Å². The van der Waals surface area contributed by atoms with Crippen LogP contribution >= 0.6 is 0 Å². The lowest BCUT2D eigenvalue weighted by molar-refractivity contribution is -0.347. The van der Waals surface area contributed by atoms with Crippen LogP contribution in [0, 0.1) is 47.3 Å². The summed E-state index contributed by atoms with van der Waals surface area (Å²) in [6.07, 6.45) is 2.48. The summed E-state index contributed by atoms with van der Waals surface area (Å²) in [5.41, 5.74) is 1.04. The van der Waals surface area contributed by atoms with Crippen molar-refractivity contribution in [3.63, 3.8) is 0 Å². The topological polar surface area (TPSA) is 196 Å². The van der Waals surface area contributed by atoms with Gasteiger partial charge >= 0.3 is 35.8 Å². The smallest absolute Gasteiger partial charge is 0.333 e. The molecule has 13 unspecified atom stereocenters. The molecule has 0 aromatic heterocycles. The first kappa shape index (κ1) is 59.3. The minimum atomic E-state index is -1.17. The number of carbonyl (C=O) groups excluding carboxylic acids is 6. The fraction of sp³-hybridized carbons (Fsp3) is 0.808. The Kier molecular flexibility index (Phi) is 25.3. The van der Waals surface area contributed by atoms with Gasteiger partial charge in [0.15, 0.2) is 5.79 Å². The minimum absolute atomic E-state index is 0.00580. The van der Waals surface area contributed by atoms with Gasteiger partial charge in [0.05, 0.1) is 39.0 Å². The average Bonchev–Trinajstić information content (AvgIpc) is 3.22. The monoisotopic (exact) mass is 951 g/mol. The molecular formula is C52H86O15. The number of esters is 6. The maximum Gasteiger partial charge on any atom is 0.333 e. The summed E-state index contributed by atoms with van der Waals surface area (Å²) in [5, 5.41) is 11.7. The number of aliphatic hydroxyl groups is 1. The Morgan fingerprint density at radius 1 is 0.746 bits per heavy atom. The summed E-state index contributed by atoms with van der Waals surface area (Å²) in [6.45, 7) is 23.9. The number of allylic oxidation sites excluding steroid dienone is 2. The summed E-state index contributed by atoms with van der Waals surface area (Å²) in [6, 6.07) is 0. The normalized spacial score (nSPS) is 24.9. The van der Waals surface area contributed by atoms with E-state index in [1.54, 1.807) is 26.8 Å². The van der Waals surface area contributed by atoms with Crippen LogP contribution < -0.4 is 0 Å². The van der Waals surface area contributed by atoms with Gasteiger partial charge in [-0.2, -0.15) is 0 Å². The molecule has 2 saturated heterocycles. The Bertz CT molecular complexity index is 1670. The summed E-state index contributed by atoms with van der Waals surface area (Å²) in [7, 11) is 2.64. The molecule has 1 spiro atoms. The van der Waals surface area contributed by atoms with Crippen LogP contribution in [0.2, 0.25) is 0 Å². The van der Waals surface area contributed by atoms with Crippen LogP contribution in [0.1, 0.15) is 161 Å². The number of carbonyl (C=O) groups is 6. The van der Waals surface area contributed by atoms with E-state index < -0.39 is 90.0 Å². The van der Waals surface area contributed by atoms with E-state index in [2.05, 4.69) is 13.8 Å². The number of hydrogen-bond donors (Lipinski definition) is 1. The lowest BCUT2D eigenvalue weighted by Crippen LogP contribution is -2.57. The maximum atomic E-state index is 13.7. The van der Waals surface area contributed by atoms with Crippen molar-refractivity contribution >= 4 is 35.8 Å². The number of aliphatic hydroxyl groups excluding tert-OH is 1. The summed E-state index contributed by atoms with van der Waals surface area (Å²) in [5.74, 6) is -6.23. The van der Waals surface area contributed by atoms with Gasteiger partial charge in [-0.15, -0.1) is 0 Å². The van der Waals surface area contributed by atoms with Crippen molar-refractivity contribution in [3.8, 4) is 0 Å². The first-order chi connectivity index (χ1) is 31.3. The second kappa shape index (κ2) is 28.6. The summed E-state index contributed by atoms with van der Waals surface area (Å²) < 4.78 is 47.7. The molecule has 2 rings (SSSR count). The number of methoxy groups -OCH3 is 2. The third kappa shape index (κ3) is 20.0. The molecule has 15 heteroatoms. The molecule has 0 saturated carbocycles. The van der Waals surface area contributed by atoms with E-state index in [9.17, 15) is 33.9 Å². The highest BCUT2D eigenvalue weighted by molar-refractivity contribution is 5.87. The van der Waals surface area contributed by atoms with E-state index in [1.165, 1.54) is 21.1 Å². The lowest BCUT2D eigenvalue weighted by atomic mass is 9.78. The predicted octanol–water partition coefficient (Wildman–Crippen LogP) is 8.80. The van der Waals surface area contributed by atoms with Crippen molar-refractivity contribution < 1.29 is 71.8 Å². The van der Waals surface area contributed by atoms with Crippen molar-refractivity contribution in [2.75, 3.05) is 20.8 Å². The van der Waals surface area contributed by atoms with E-state index in [0.29, 0.717) is 38.5 Å². The molecule has 0 aromatic carbocycles. The largest absolute Gasteiger partial charge is 0.469 e. The molecule has 2 aliphatic rings. The van der Waals surface area contributed by atoms with Gasteiger partial charge in [-0.1, -0.05) is 74.5 Å². The lowest BCUT2D eigenvalue weighted by Gasteiger charge is -2.52. The first-order valence-corrected chi connectivity index (χ1v) is 24.6. The molecule has 0 bridgehead atoms. The molecule has 13 atom stereocenters. The van der Waals surface area contributed by atoms with Gasteiger partial charge in [0.25, 0.3) is 0 Å². The van der Waals surface area contributed by atoms with Crippen LogP contribution in [0.3, 0.4) is 0 Å². The van der Waals surface area contributed by atoms with Gasteiger partial charge < -0.3 is 43.0 Å². The van der Waals surface area contributed by atoms with Crippen molar-refractivity contribution in [2.24, 2.45) is 47.3 Å². The third-order valence-electron chi connectivity index (χ3n) is 12.8. The Hall–Kier alpha value is -3.82. The number of ether oxygens (including phenoxy) is 8. The van der Waals surface area contributed by atoms with Crippen molar-refractivity contribution in [3.05, 3.63) is 23.3 Å². The maximum absolute atomic E-state index is 13.7. The molecule has 0 aromatic rings. The molecule has 2 aliphatic heterocycles. The molecule has 1 N–H and O–H groups in total. The van der Waals surface area contributed by atoms with Gasteiger partial charge in [-0.3, -0.25) is 24.0 Å². The van der Waals surface area contributed by atoms with Gasteiger partial charge in [0.2, 0.25) is 0 Å². The van der Waals surface area contributed by atoms with Crippen LogP contribution in [0.25, 0.3) is 0 Å². The van der Waals surface area contributed by atoms with E-state index in [-0.39, 0.29) is 73.4 Å². The first-order valence-electron chi connectivity index (χ1n) is 24.6. The van der Waals surface area contributed by atoms with Crippen LogP contribution in [0.15, 0.2) is 23.3 Å². The van der Waals surface area contributed by atoms with Gasteiger partial charge in [0, 0.05) is 50.5 Å². The third-order valence-corrected chi connectivity index (χ3v) is 12.8. The number of hydrogen-bond acceptors (Lipinski definition) is 15. The molecule has 0 radical (unpaired) electrons. The Balaban J connectivity index is 2.63. The highest BCUT2D eigenvalue weighted by atomic mass is 16.7. The quantitative estimate of drug-likeness (QED) is 0.0373. The van der Waals surface area contributed by atoms with Crippen LogP contribution in [-0.4, -0.2) is 104 Å². The van der Waals surface area contributed by atoms with E-state index in [1.807, 2.05) is 54.5 Å². The van der Waals surface area contributed by atoms with Crippen molar-refractivity contribution in [1.82, 2.24) is 0 Å². The zero-order valence-corrected chi connectivity index (χ0v) is 43.4. The van der Waals surface area contributed by atoms with Crippen LogP contribution in [0.4, 0.5) is 0 Å². The highest BCUT2D eigenvalue weighted by Gasteiger charge is 2.52. The summed E-state index contributed by atoms with van der Waals surface area (Å²) >= 11 is 0. The van der Waals surface area contributed by atoms with E-state index >= 15 is 0 Å². The minimum Gasteiger partial charge on any atom is -0.469 e. The predicted molar refractivity (Wildman–Crippen MR) is 252 cm³/mol. The molecule has 15 nitrogen and oxygen atoms in total. The fourth-order valence-electron chi connectivity index (χ4n) is 9.50. The van der Waals surface area contributed by atoms with Crippen molar-refractivity contribution in [1.29, 1.82) is 0 Å². The Labute approximate surface area is 401 Å². The zero-order valence-electron chi connectivity index (χ0n) is 43.4. The van der Waals surface area contributed by atoms with E-state index in [4.69, 9.17) is 37.9 Å². The van der Waals surface area contributed by atoms with Crippen LogP contribution in [0.5, 0.6) is 0 Å². The SMILES string of the molecule is CCOC(=O)C(CC=C(C)C(=O)OC)C(C)C(OC(C)=O)C(CC(C)C(OC(=O)CC(C)C)C1CC(C)CC2(CC(C)CC(C(O)C(C)=CCCC(C)CC(=O)OC)O2)O1)OC(=O)CC(C)C. The van der Waals surface area contributed by atoms with Gasteiger partial charge in [-0.05, 0) is 100 Å². The Morgan fingerprint density at radius 3 is 1.85 bits per heavy atom. The van der Waals surface area contributed by atoms with Crippen LogP contribution in [-0.2, 0) is 66.7 Å². The molecule has 67 heavy (non-hydrogen) atoms. The molecule has 0 amide bonds. The zero-order chi connectivity index (χ0) is 50.8.